The van der Waals surface area contributed by atoms with Gasteiger partial charge in [-0.2, -0.15) is 0 Å². The van der Waals surface area contributed by atoms with Crippen molar-refractivity contribution in [3.8, 4) is 0 Å². The number of benzene rings is 1. The van der Waals surface area contributed by atoms with Gasteiger partial charge >= 0.3 is 13.2 Å². The predicted octanol–water partition coefficient (Wildman–Crippen LogP) is 2.86. The van der Waals surface area contributed by atoms with Crippen LogP contribution >= 0.6 is 0 Å². The summed E-state index contributed by atoms with van der Waals surface area (Å²) in [7, 11) is -0.891. The Bertz CT molecular complexity index is 852. The average Bonchev–Trinajstić information content (AvgIpc) is 3.14. The van der Waals surface area contributed by atoms with Crippen molar-refractivity contribution in [3.63, 3.8) is 0 Å². The van der Waals surface area contributed by atoms with Gasteiger partial charge in [0.1, 0.15) is 11.4 Å². The summed E-state index contributed by atoms with van der Waals surface area (Å²) in [5, 5.41) is 2.80. The van der Waals surface area contributed by atoms with Crippen LogP contribution in [0.4, 0.5) is 9.18 Å². The third-order valence-corrected chi connectivity index (χ3v) is 5.95. The van der Waals surface area contributed by atoms with E-state index in [9.17, 15) is 14.0 Å². The summed E-state index contributed by atoms with van der Waals surface area (Å²) >= 11 is 0. The predicted molar refractivity (Wildman–Crippen MR) is 116 cm³/mol. The Hall–Kier alpha value is -2.13. The number of nitrogens with zero attached hydrogens (tertiary/aromatic N) is 1. The first-order valence-electron chi connectivity index (χ1n) is 10.6. The zero-order chi connectivity index (χ0) is 23.2. The Labute approximate surface area is 183 Å². The lowest BCUT2D eigenvalue weighted by Crippen LogP contribution is -2.41. The number of alkyl carbamates (subject to hydrolysis) is 1. The first-order chi connectivity index (χ1) is 14.2. The summed E-state index contributed by atoms with van der Waals surface area (Å²) in [6.07, 6.45) is 0.118. The van der Waals surface area contributed by atoms with Gasteiger partial charge in [0, 0.05) is 24.1 Å². The van der Waals surface area contributed by atoms with E-state index in [2.05, 4.69) is 5.32 Å². The van der Waals surface area contributed by atoms with Crippen LogP contribution in [0.3, 0.4) is 0 Å². The normalized spacial score (nSPS) is 22.5. The smallest absolute Gasteiger partial charge is 0.444 e. The minimum Gasteiger partial charge on any atom is -0.444 e. The third kappa shape index (κ3) is 5.21. The summed E-state index contributed by atoms with van der Waals surface area (Å²) in [6.45, 7) is 13.8. The molecule has 2 heterocycles. The monoisotopic (exact) mass is 434 g/mol. The van der Waals surface area contributed by atoms with Crippen LogP contribution in [-0.4, -0.2) is 60.0 Å². The fourth-order valence-corrected chi connectivity index (χ4v) is 3.55. The van der Waals surface area contributed by atoms with Crippen LogP contribution in [0.25, 0.3) is 0 Å². The maximum Gasteiger partial charge on any atom is 0.497 e. The van der Waals surface area contributed by atoms with E-state index in [1.54, 1.807) is 25.7 Å². The van der Waals surface area contributed by atoms with Crippen LogP contribution in [0.1, 0.15) is 65.2 Å². The lowest BCUT2D eigenvalue weighted by molar-refractivity contribution is 0.00578. The molecular formula is C22H32BFN2O5. The molecule has 2 saturated heterocycles. The molecule has 170 valence electrons. The average molecular weight is 434 g/mol. The number of amides is 2. The highest BCUT2D eigenvalue weighted by atomic mass is 19.1. The molecule has 2 aliphatic rings. The highest BCUT2D eigenvalue weighted by Crippen LogP contribution is 2.36. The van der Waals surface area contributed by atoms with Crippen LogP contribution in [-0.2, 0) is 14.0 Å². The van der Waals surface area contributed by atoms with Gasteiger partial charge in [-0.3, -0.25) is 4.79 Å². The van der Waals surface area contributed by atoms with E-state index in [0.29, 0.717) is 25.1 Å². The topological polar surface area (TPSA) is 77.1 Å². The van der Waals surface area contributed by atoms with E-state index in [4.69, 9.17) is 14.0 Å². The molecule has 0 aliphatic carbocycles. The van der Waals surface area contributed by atoms with Crippen molar-refractivity contribution >= 4 is 24.6 Å². The van der Waals surface area contributed by atoms with E-state index in [0.717, 1.165) is 0 Å². The van der Waals surface area contributed by atoms with Gasteiger partial charge in [0.25, 0.3) is 5.91 Å². The maximum atomic E-state index is 14.6. The van der Waals surface area contributed by atoms with Gasteiger partial charge in [0.15, 0.2) is 0 Å². The highest BCUT2D eigenvalue weighted by molar-refractivity contribution is 6.62. The molecule has 0 spiro atoms. The van der Waals surface area contributed by atoms with Gasteiger partial charge in [-0.15, -0.1) is 0 Å². The molecule has 0 saturated carbocycles. The molecule has 1 N–H and O–H groups in total. The molecule has 0 bridgehead atoms. The SMILES string of the molecule is CC(C)(C)OC(=O)NC1CCN(C(=O)c2ccc(F)c(B3OC(C)(C)C(C)(C)O3)c2)C1. The van der Waals surface area contributed by atoms with E-state index >= 15 is 0 Å². The lowest BCUT2D eigenvalue weighted by atomic mass is 9.78. The van der Waals surface area contributed by atoms with Crippen LogP contribution in [0.2, 0.25) is 0 Å². The molecule has 1 aromatic carbocycles. The summed E-state index contributed by atoms with van der Waals surface area (Å²) in [4.78, 5) is 26.6. The third-order valence-electron chi connectivity index (χ3n) is 5.95. The van der Waals surface area contributed by atoms with Crippen molar-refractivity contribution in [2.45, 2.75) is 77.7 Å². The fraction of sp³-hybridized carbons (Fsp3) is 0.636. The number of likely N-dealkylation sites (tertiary alicyclic amines) is 1. The summed E-state index contributed by atoms with van der Waals surface area (Å²) < 4.78 is 31.7. The molecule has 0 radical (unpaired) electrons. The number of nitrogens with one attached hydrogen (secondary N) is 1. The van der Waals surface area contributed by atoms with Gasteiger partial charge in [-0.1, -0.05) is 0 Å². The molecule has 1 atom stereocenters. The van der Waals surface area contributed by atoms with Gasteiger partial charge in [0.2, 0.25) is 0 Å². The Morgan fingerprint density at radius 3 is 2.39 bits per heavy atom. The largest absolute Gasteiger partial charge is 0.497 e. The number of hydrogen-bond acceptors (Lipinski definition) is 5. The number of rotatable bonds is 3. The molecule has 1 unspecified atom stereocenters. The molecule has 9 heteroatoms. The molecule has 2 aliphatic heterocycles. The van der Waals surface area contributed by atoms with Crippen LogP contribution < -0.4 is 10.8 Å². The van der Waals surface area contributed by atoms with Crippen molar-refractivity contribution < 1.29 is 28.0 Å². The van der Waals surface area contributed by atoms with Gasteiger partial charge in [-0.25, -0.2) is 9.18 Å². The van der Waals surface area contributed by atoms with Gasteiger partial charge in [-0.05, 0) is 73.1 Å². The Kier molecular flexibility index (Phi) is 6.14. The summed E-state index contributed by atoms with van der Waals surface area (Å²) in [5.74, 6) is -0.716. The maximum absolute atomic E-state index is 14.6. The van der Waals surface area contributed by atoms with Crippen LogP contribution in [0.5, 0.6) is 0 Å². The molecule has 31 heavy (non-hydrogen) atoms. The minimum absolute atomic E-state index is 0.193. The minimum atomic E-state index is -0.891. The van der Waals surface area contributed by atoms with E-state index < -0.39 is 35.8 Å². The Morgan fingerprint density at radius 1 is 1.19 bits per heavy atom. The molecular weight excluding hydrogens is 402 g/mol. The second-order valence-corrected chi connectivity index (χ2v) is 10.2. The standard InChI is InChI=1S/C22H32BFN2O5/c1-20(2,3)29-19(28)25-15-10-11-26(13-15)18(27)14-8-9-17(24)16(12-14)23-30-21(4,5)22(6,7)31-23/h8-9,12,15H,10-11,13H2,1-7H3,(H,25,28). The molecule has 3 rings (SSSR count). The number of carbonyl (C=O) groups excluding carboxylic acids is 2. The zero-order valence-corrected chi connectivity index (χ0v) is 19.4. The Balaban J connectivity index is 1.68. The zero-order valence-electron chi connectivity index (χ0n) is 19.4. The second-order valence-electron chi connectivity index (χ2n) is 10.2. The summed E-state index contributed by atoms with van der Waals surface area (Å²) in [5.41, 5.74) is -1.26. The molecule has 7 nitrogen and oxygen atoms in total. The molecule has 2 fully saturated rings. The van der Waals surface area contributed by atoms with Crippen molar-refractivity contribution in [1.82, 2.24) is 10.2 Å². The second kappa shape index (κ2) is 8.09. The molecule has 1 aromatic rings. The molecule has 2 amide bonds. The fourth-order valence-electron chi connectivity index (χ4n) is 3.55. The number of hydrogen-bond donors (Lipinski definition) is 1. The quantitative estimate of drug-likeness (QED) is 0.741. The van der Waals surface area contributed by atoms with Crippen molar-refractivity contribution in [2.24, 2.45) is 0 Å². The first-order valence-corrected chi connectivity index (χ1v) is 10.6. The first kappa shape index (κ1) is 23.5. The van der Waals surface area contributed by atoms with Crippen molar-refractivity contribution in [1.29, 1.82) is 0 Å². The van der Waals surface area contributed by atoms with E-state index in [1.165, 1.54) is 18.2 Å². The number of halogens is 1. The van der Waals surface area contributed by atoms with E-state index in [1.807, 2.05) is 27.7 Å². The van der Waals surface area contributed by atoms with Crippen LogP contribution in [0, 0.1) is 5.82 Å². The highest BCUT2D eigenvalue weighted by Gasteiger charge is 2.52. The van der Waals surface area contributed by atoms with Gasteiger partial charge < -0.3 is 24.3 Å². The lowest BCUT2D eigenvalue weighted by Gasteiger charge is -2.32. The van der Waals surface area contributed by atoms with Crippen molar-refractivity contribution in [2.75, 3.05) is 13.1 Å². The number of ether oxygens (including phenoxy) is 1. The number of carbonyl (C=O) groups is 2. The van der Waals surface area contributed by atoms with Crippen LogP contribution in [0.15, 0.2) is 18.2 Å². The summed E-state index contributed by atoms with van der Waals surface area (Å²) in [6, 6.07) is 4.03. The Morgan fingerprint density at radius 2 is 1.81 bits per heavy atom. The molecule has 0 aromatic heterocycles. The van der Waals surface area contributed by atoms with Gasteiger partial charge in [0.05, 0.1) is 17.2 Å². The van der Waals surface area contributed by atoms with Crippen molar-refractivity contribution in [3.05, 3.63) is 29.6 Å². The van der Waals surface area contributed by atoms with E-state index in [-0.39, 0.29) is 17.4 Å².